The molecule has 0 bridgehead atoms. The van der Waals surface area contributed by atoms with Crippen LogP contribution in [-0.2, 0) is 10.0 Å². The second-order valence-corrected chi connectivity index (χ2v) is 5.54. The van der Waals surface area contributed by atoms with E-state index in [1.54, 1.807) is 6.07 Å². The highest BCUT2D eigenvalue weighted by atomic mass is 32.2. The number of hydrogen-bond donors (Lipinski definition) is 2. The Bertz CT molecular complexity index is 532. The van der Waals surface area contributed by atoms with Crippen molar-refractivity contribution in [3.8, 4) is 6.07 Å². The van der Waals surface area contributed by atoms with Crippen LogP contribution in [0, 0.1) is 18.3 Å². The number of nitriles is 1. The molecule has 0 unspecified atom stereocenters. The van der Waals surface area contributed by atoms with Crippen LogP contribution in [0.1, 0.15) is 11.1 Å². The first kappa shape index (κ1) is 13.5. The third kappa shape index (κ3) is 4.43. The number of benzene rings is 1. The second kappa shape index (κ2) is 5.66. The van der Waals surface area contributed by atoms with Gasteiger partial charge in [0, 0.05) is 13.1 Å². The molecule has 0 aromatic heterocycles. The minimum Gasteiger partial charge on any atom is -0.382 e. The Morgan fingerprint density at radius 1 is 1.35 bits per heavy atom. The van der Waals surface area contributed by atoms with Crippen LogP contribution in [-0.4, -0.2) is 27.8 Å². The van der Waals surface area contributed by atoms with E-state index in [-0.39, 0.29) is 6.54 Å². The lowest BCUT2D eigenvalue weighted by molar-refractivity contribution is 0.589. The zero-order valence-corrected chi connectivity index (χ0v) is 10.6. The molecule has 0 amide bonds. The standard InChI is InChI=1S/C11H15N3O2S/c1-9-4-3-5-10(8-12)11(9)13-6-7-14-17(2,15)16/h3-5,13-14H,6-7H2,1-2H3. The molecule has 2 N–H and O–H groups in total. The molecule has 6 heteroatoms. The zero-order chi connectivity index (χ0) is 12.9. The molecule has 1 rings (SSSR count). The maximum atomic E-state index is 10.8. The summed E-state index contributed by atoms with van der Waals surface area (Å²) in [5.74, 6) is 0. The average Bonchev–Trinajstić information content (AvgIpc) is 2.24. The Balaban J connectivity index is 2.61. The van der Waals surface area contributed by atoms with Gasteiger partial charge in [-0.3, -0.25) is 0 Å². The first-order valence-electron chi connectivity index (χ1n) is 5.12. The summed E-state index contributed by atoms with van der Waals surface area (Å²) in [7, 11) is -3.16. The quantitative estimate of drug-likeness (QED) is 0.761. The van der Waals surface area contributed by atoms with Crippen molar-refractivity contribution in [1.82, 2.24) is 4.72 Å². The van der Waals surface area contributed by atoms with E-state index in [0.717, 1.165) is 17.5 Å². The predicted molar refractivity (Wildman–Crippen MR) is 67.2 cm³/mol. The van der Waals surface area contributed by atoms with Crippen molar-refractivity contribution in [3.63, 3.8) is 0 Å². The first-order chi connectivity index (χ1) is 7.94. The van der Waals surface area contributed by atoms with Crippen molar-refractivity contribution in [2.24, 2.45) is 0 Å². The number of sulfonamides is 1. The Labute approximate surface area is 102 Å². The largest absolute Gasteiger partial charge is 0.382 e. The van der Waals surface area contributed by atoms with Crippen LogP contribution in [0.3, 0.4) is 0 Å². The van der Waals surface area contributed by atoms with E-state index < -0.39 is 10.0 Å². The van der Waals surface area contributed by atoms with E-state index in [4.69, 9.17) is 5.26 Å². The van der Waals surface area contributed by atoms with Gasteiger partial charge in [0.15, 0.2) is 0 Å². The van der Waals surface area contributed by atoms with Crippen LogP contribution < -0.4 is 10.0 Å². The third-order valence-electron chi connectivity index (χ3n) is 2.18. The molecule has 0 saturated carbocycles. The first-order valence-corrected chi connectivity index (χ1v) is 7.01. The SMILES string of the molecule is Cc1cccc(C#N)c1NCCNS(C)(=O)=O. The van der Waals surface area contributed by atoms with Crippen molar-refractivity contribution in [2.45, 2.75) is 6.92 Å². The predicted octanol–water partition coefficient (Wildman–Crippen LogP) is 0.828. The van der Waals surface area contributed by atoms with Gasteiger partial charge in [0.05, 0.1) is 17.5 Å². The number of hydrogen-bond acceptors (Lipinski definition) is 4. The fraction of sp³-hybridized carbons (Fsp3) is 0.364. The minimum atomic E-state index is -3.16. The van der Waals surface area contributed by atoms with Crippen molar-refractivity contribution in [1.29, 1.82) is 5.26 Å². The van der Waals surface area contributed by atoms with E-state index >= 15 is 0 Å². The molecule has 0 saturated heterocycles. The number of aryl methyl sites for hydroxylation is 1. The molecule has 1 aromatic carbocycles. The molecular formula is C11H15N3O2S. The average molecular weight is 253 g/mol. The molecule has 1 aromatic rings. The van der Waals surface area contributed by atoms with Crippen LogP contribution in [0.15, 0.2) is 18.2 Å². The summed E-state index contributed by atoms with van der Waals surface area (Å²) >= 11 is 0. The van der Waals surface area contributed by atoms with Crippen LogP contribution in [0.5, 0.6) is 0 Å². The van der Waals surface area contributed by atoms with Gasteiger partial charge in [0.1, 0.15) is 6.07 Å². The molecule has 0 aliphatic carbocycles. The van der Waals surface area contributed by atoms with Gasteiger partial charge in [0.25, 0.3) is 0 Å². The molecule has 0 fully saturated rings. The van der Waals surface area contributed by atoms with E-state index in [0.29, 0.717) is 12.1 Å². The summed E-state index contributed by atoms with van der Waals surface area (Å²) in [5.41, 5.74) is 2.28. The van der Waals surface area contributed by atoms with Crippen LogP contribution in [0.25, 0.3) is 0 Å². The lowest BCUT2D eigenvalue weighted by atomic mass is 10.1. The Morgan fingerprint density at radius 2 is 2.06 bits per heavy atom. The summed E-state index contributed by atoms with van der Waals surface area (Å²) in [6.07, 6.45) is 1.11. The summed E-state index contributed by atoms with van der Waals surface area (Å²) < 4.78 is 24.1. The normalized spacial score (nSPS) is 10.9. The molecular weight excluding hydrogens is 238 g/mol. The third-order valence-corrected chi connectivity index (χ3v) is 2.91. The van der Waals surface area contributed by atoms with Gasteiger partial charge >= 0.3 is 0 Å². The molecule has 5 nitrogen and oxygen atoms in total. The lowest BCUT2D eigenvalue weighted by Crippen LogP contribution is -2.27. The Morgan fingerprint density at radius 3 is 2.65 bits per heavy atom. The Hall–Kier alpha value is -1.58. The van der Waals surface area contributed by atoms with Gasteiger partial charge in [-0.25, -0.2) is 13.1 Å². The lowest BCUT2D eigenvalue weighted by Gasteiger charge is -2.11. The fourth-order valence-electron chi connectivity index (χ4n) is 1.42. The van der Waals surface area contributed by atoms with E-state index in [2.05, 4.69) is 16.1 Å². The molecule has 0 aliphatic rings. The van der Waals surface area contributed by atoms with Crippen molar-refractivity contribution in [3.05, 3.63) is 29.3 Å². The van der Waals surface area contributed by atoms with Gasteiger partial charge in [0.2, 0.25) is 10.0 Å². The number of anilines is 1. The number of rotatable bonds is 5. The Kier molecular flexibility index (Phi) is 4.49. The summed E-state index contributed by atoms with van der Waals surface area (Å²) in [6.45, 7) is 2.62. The number of nitrogens with one attached hydrogen (secondary N) is 2. The maximum Gasteiger partial charge on any atom is 0.208 e. The van der Waals surface area contributed by atoms with E-state index in [9.17, 15) is 8.42 Å². The van der Waals surface area contributed by atoms with E-state index in [1.165, 1.54) is 0 Å². The van der Waals surface area contributed by atoms with Gasteiger partial charge in [-0.15, -0.1) is 0 Å². The van der Waals surface area contributed by atoms with Crippen molar-refractivity contribution < 1.29 is 8.42 Å². The monoisotopic (exact) mass is 253 g/mol. The molecule has 0 heterocycles. The minimum absolute atomic E-state index is 0.290. The molecule has 0 radical (unpaired) electrons. The van der Waals surface area contributed by atoms with Crippen molar-refractivity contribution >= 4 is 15.7 Å². The molecule has 0 spiro atoms. The number of para-hydroxylation sites is 1. The van der Waals surface area contributed by atoms with Crippen LogP contribution >= 0.6 is 0 Å². The van der Waals surface area contributed by atoms with Crippen molar-refractivity contribution in [2.75, 3.05) is 24.7 Å². The fourth-order valence-corrected chi connectivity index (χ4v) is 1.89. The van der Waals surface area contributed by atoms with Gasteiger partial charge in [-0.2, -0.15) is 5.26 Å². The second-order valence-electron chi connectivity index (χ2n) is 3.70. The highest BCUT2D eigenvalue weighted by Crippen LogP contribution is 2.18. The molecule has 0 aliphatic heterocycles. The van der Waals surface area contributed by atoms with Crippen LogP contribution in [0.2, 0.25) is 0 Å². The summed E-state index contributed by atoms with van der Waals surface area (Å²) in [6, 6.07) is 7.52. The number of nitrogens with zero attached hydrogens (tertiary/aromatic N) is 1. The van der Waals surface area contributed by atoms with Gasteiger partial charge < -0.3 is 5.32 Å². The molecule has 17 heavy (non-hydrogen) atoms. The van der Waals surface area contributed by atoms with Crippen LogP contribution in [0.4, 0.5) is 5.69 Å². The van der Waals surface area contributed by atoms with E-state index in [1.807, 2.05) is 19.1 Å². The smallest absolute Gasteiger partial charge is 0.208 e. The van der Waals surface area contributed by atoms with Gasteiger partial charge in [-0.05, 0) is 18.6 Å². The maximum absolute atomic E-state index is 10.8. The summed E-state index contributed by atoms with van der Waals surface area (Å²) in [5, 5.41) is 12.0. The summed E-state index contributed by atoms with van der Waals surface area (Å²) in [4.78, 5) is 0. The highest BCUT2D eigenvalue weighted by molar-refractivity contribution is 7.88. The molecule has 92 valence electrons. The van der Waals surface area contributed by atoms with Gasteiger partial charge in [-0.1, -0.05) is 12.1 Å². The highest BCUT2D eigenvalue weighted by Gasteiger charge is 2.04. The molecule has 0 atom stereocenters. The topological polar surface area (TPSA) is 82.0 Å². The zero-order valence-electron chi connectivity index (χ0n) is 9.82.